The minimum Gasteiger partial charge on any atom is -0.397 e. The summed E-state index contributed by atoms with van der Waals surface area (Å²) < 4.78 is 0. The van der Waals surface area contributed by atoms with Crippen LogP contribution in [-0.4, -0.2) is 6.04 Å². The topological polar surface area (TPSA) is 38.0 Å². The maximum Gasteiger partial charge on any atom is 0.0579 e. The third-order valence-electron chi connectivity index (χ3n) is 4.40. The SMILES string of the molecule is Cc1cccc(NC2CC3CCC2C3)c1N. The van der Waals surface area contributed by atoms with Crippen molar-refractivity contribution in [2.24, 2.45) is 11.8 Å². The van der Waals surface area contributed by atoms with Crippen LogP contribution in [0.4, 0.5) is 11.4 Å². The van der Waals surface area contributed by atoms with Crippen molar-refractivity contribution in [2.75, 3.05) is 11.1 Å². The van der Waals surface area contributed by atoms with E-state index < -0.39 is 0 Å². The van der Waals surface area contributed by atoms with Crippen molar-refractivity contribution in [1.82, 2.24) is 0 Å². The van der Waals surface area contributed by atoms with Crippen LogP contribution in [0, 0.1) is 18.8 Å². The molecule has 3 atom stereocenters. The predicted octanol–water partition coefficient (Wildman–Crippen LogP) is 3.18. The molecule has 0 saturated heterocycles. The van der Waals surface area contributed by atoms with Gasteiger partial charge in [0.25, 0.3) is 0 Å². The van der Waals surface area contributed by atoms with E-state index in [1.165, 1.54) is 31.2 Å². The van der Waals surface area contributed by atoms with E-state index in [0.717, 1.165) is 23.2 Å². The Morgan fingerprint density at radius 1 is 1.25 bits per heavy atom. The summed E-state index contributed by atoms with van der Waals surface area (Å²) >= 11 is 0. The van der Waals surface area contributed by atoms with Gasteiger partial charge in [0.2, 0.25) is 0 Å². The van der Waals surface area contributed by atoms with Gasteiger partial charge < -0.3 is 11.1 Å². The van der Waals surface area contributed by atoms with Crippen LogP contribution in [0.1, 0.15) is 31.2 Å². The van der Waals surface area contributed by atoms with Crippen LogP contribution in [0.2, 0.25) is 0 Å². The summed E-state index contributed by atoms with van der Waals surface area (Å²) in [5, 5.41) is 3.66. The Labute approximate surface area is 97.2 Å². The highest BCUT2D eigenvalue weighted by Gasteiger charge is 2.39. The second-order valence-corrected chi connectivity index (χ2v) is 5.46. The molecule has 2 aliphatic rings. The number of para-hydroxylation sites is 1. The lowest BCUT2D eigenvalue weighted by atomic mass is 9.95. The molecular formula is C14H20N2. The molecule has 2 bridgehead atoms. The second-order valence-electron chi connectivity index (χ2n) is 5.46. The van der Waals surface area contributed by atoms with Crippen molar-refractivity contribution < 1.29 is 0 Å². The van der Waals surface area contributed by atoms with Gasteiger partial charge in [0.1, 0.15) is 0 Å². The molecule has 0 heterocycles. The van der Waals surface area contributed by atoms with E-state index in [-0.39, 0.29) is 0 Å². The van der Waals surface area contributed by atoms with E-state index in [9.17, 15) is 0 Å². The van der Waals surface area contributed by atoms with Crippen molar-refractivity contribution in [3.8, 4) is 0 Å². The Morgan fingerprint density at radius 3 is 2.81 bits per heavy atom. The van der Waals surface area contributed by atoms with Crippen LogP contribution in [0.5, 0.6) is 0 Å². The van der Waals surface area contributed by atoms with Gasteiger partial charge in [0, 0.05) is 6.04 Å². The molecule has 3 N–H and O–H groups in total. The fourth-order valence-corrected chi connectivity index (χ4v) is 3.43. The minimum atomic E-state index is 0.669. The van der Waals surface area contributed by atoms with Gasteiger partial charge >= 0.3 is 0 Å². The normalized spacial score (nSPS) is 31.9. The molecule has 1 aromatic rings. The molecule has 2 nitrogen and oxygen atoms in total. The summed E-state index contributed by atoms with van der Waals surface area (Å²) in [5.74, 6) is 1.87. The fraction of sp³-hybridized carbons (Fsp3) is 0.571. The van der Waals surface area contributed by atoms with Gasteiger partial charge in [-0.15, -0.1) is 0 Å². The molecule has 2 fully saturated rings. The quantitative estimate of drug-likeness (QED) is 0.745. The Hall–Kier alpha value is -1.18. The molecule has 0 radical (unpaired) electrons. The second kappa shape index (κ2) is 3.69. The number of aryl methyl sites for hydroxylation is 1. The molecule has 2 heteroatoms. The highest BCUT2D eigenvalue weighted by atomic mass is 15.0. The van der Waals surface area contributed by atoms with Crippen LogP contribution in [0.15, 0.2) is 18.2 Å². The van der Waals surface area contributed by atoms with Crippen LogP contribution in [0.25, 0.3) is 0 Å². The third kappa shape index (κ3) is 1.57. The lowest BCUT2D eigenvalue weighted by Gasteiger charge is -2.25. The van der Waals surface area contributed by atoms with Gasteiger partial charge in [0.05, 0.1) is 11.4 Å². The zero-order valence-electron chi connectivity index (χ0n) is 9.87. The molecule has 0 spiro atoms. The maximum atomic E-state index is 6.10. The largest absolute Gasteiger partial charge is 0.397 e. The number of rotatable bonds is 2. The van der Waals surface area contributed by atoms with E-state index in [1.54, 1.807) is 0 Å². The Bertz CT molecular complexity index is 400. The standard InChI is InChI=1S/C14H20N2/c1-9-3-2-4-12(14(9)15)16-13-8-10-5-6-11(13)7-10/h2-4,10-11,13,16H,5-8,15H2,1H3. The molecule has 0 aliphatic heterocycles. The van der Waals surface area contributed by atoms with Gasteiger partial charge in [0.15, 0.2) is 0 Å². The number of nitrogens with two attached hydrogens (primary N) is 1. The van der Waals surface area contributed by atoms with Crippen LogP contribution >= 0.6 is 0 Å². The highest BCUT2D eigenvalue weighted by molar-refractivity contribution is 5.69. The summed E-state index contributed by atoms with van der Waals surface area (Å²) in [6, 6.07) is 6.93. The minimum absolute atomic E-state index is 0.669. The molecule has 2 aliphatic carbocycles. The number of anilines is 2. The van der Waals surface area contributed by atoms with Crippen LogP contribution in [0.3, 0.4) is 0 Å². The third-order valence-corrected chi connectivity index (χ3v) is 4.40. The molecular weight excluding hydrogens is 196 g/mol. The van der Waals surface area contributed by atoms with E-state index in [2.05, 4.69) is 30.4 Å². The van der Waals surface area contributed by atoms with Gasteiger partial charge in [-0.25, -0.2) is 0 Å². The van der Waals surface area contributed by atoms with Crippen molar-refractivity contribution in [3.63, 3.8) is 0 Å². The Morgan fingerprint density at radius 2 is 2.12 bits per heavy atom. The van der Waals surface area contributed by atoms with Gasteiger partial charge in [-0.1, -0.05) is 18.6 Å². The summed E-state index contributed by atoms with van der Waals surface area (Å²) in [7, 11) is 0. The van der Waals surface area contributed by atoms with Crippen LogP contribution in [-0.2, 0) is 0 Å². The molecule has 2 saturated carbocycles. The first-order valence-electron chi connectivity index (χ1n) is 6.35. The van der Waals surface area contributed by atoms with Gasteiger partial charge in [-0.2, -0.15) is 0 Å². The summed E-state index contributed by atoms with van der Waals surface area (Å²) in [5.41, 5.74) is 9.33. The summed E-state index contributed by atoms with van der Waals surface area (Å²) in [4.78, 5) is 0. The van der Waals surface area contributed by atoms with Crippen molar-refractivity contribution in [2.45, 2.75) is 38.6 Å². The first kappa shape index (κ1) is 10.0. The van der Waals surface area contributed by atoms with Crippen molar-refractivity contribution in [3.05, 3.63) is 23.8 Å². The van der Waals surface area contributed by atoms with Crippen molar-refractivity contribution in [1.29, 1.82) is 0 Å². The zero-order valence-corrected chi connectivity index (χ0v) is 9.87. The summed E-state index contributed by atoms with van der Waals surface area (Å²) in [6.07, 6.45) is 5.64. The summed E-state index contributed by atoms with van der Waals surface area (Å²) in [6.45, 7) is 2.07. The van der Waals surface area contributed by atoms with E-state index >= 15 is 0 Å². The lowest BCUT2D eigenvalue weighted by molar-refractivity contribution is 0.440. The molecule has 86 valence electrons. The predicted molar refractivity (Wildman–Crippen MR) is 68.5 cm³/mol. The zero-order chi connectivity index (χ0) is 11.1. The van der Waals surface area contributed by atoms with E-state index in [4.69, 9.17) is 5.73 Å². The maximum absolute atomic E-state index is 6.10. The van der Waals surface area contributed by atoms with Crippen LogP contribution < -0.4 is 11.1 Å². The monoisotopic (exact) mass is 216 g/mol. The molecule has 1 aromatic carbocycles. The molecule has 16 heavy (non-hydrogen) atoms. The molecule has 3 rings (SSSR count). The number of hydrogen-bond donors (Lipinski definition) is 2. The van der Waals surface area contributed by atoms with Gasteiger partial charge in [-0.05, 0) is 49.7 Å². The Balaban J connectivity index is 1.77. The van der Waals surface area contributed by atoms with Gasteiger partial charge in [-0.3, -0.25) is 0 Å². The Kier molecular flexibility index (Phi) is 2.31. The number of nitrogen functional groups attached to an aromatic ring is 1. The smallest absolute Gasteiger partial charge is 0.0579 e. The lowest BCUT2D eigenvalue weighted by Crippen LogP contribution is -2.26. The molecule has 0 aromatic heterocycles. The fourth-order valence-electron chi connectivity index (χ4n) is 3.43. The van der Waals surface area contributed by atoms with Crippen molar-refractivity contribution >= 4 is 11.4 Å². The number of hydrogen-bond acceptors (Lipinski definition) is 2. The highest BCUT2D eigenvalue weighted by Crippen LogP contribution is 2.45. The number of fused-ring (bicyclic) bond motifs is 2. The first-order chi connectivity index (χ1) is 7.74. The average Bonchev–Trinajstić information content (AvgIpc) is 2.86. The number of benzene rings is 1. The first-order valence-corrected chi connectivity index (χ1v) is 6.35. The van der Waals surface area contributed by atoms with E-state index in [1.807, 2.05) is 0 Å². The van der Waals surface area contributed by atoms with E-state index in [0.29, 0.717) is 6.04 Å². The average molecular weight is 216 g/mol. The number of nitrogens with one attached hydrogen (secondary N) is 1. The molecule has 0 amide bonds. The molecule has 3 unspecified atom stereocenters.